The first-order valence-corrected chi connectivity index (χ1v) is 7.36. The average molecular weight is 338 g/mol. The van der Waals surface area contributed by atoms with Crippen LogP contribution in [-0.4, -0.2) is 19.2 Å². The van der Waals surface area contributed by atoms with Crippen molar-refractivity contribution in [2.75, 3.05) is 18.5 Å². The molecule has 0 radical (unpaired) electrons. The Labute approximate surface area is 137 Å². The molecule has 24 heavy (non-hydrogen) atoms. The lowest BCUT2D eigenvalue weighted by Gasteiger charge is -2.10. The number of para-hydroxylation sites is 1. The first-order chi connectivity index (χ1) is 11.5. The van der Waals surface area contributed by atoms with Gasteiger partial charge in [0.2, 0.25) is 0 Å². The predicted molar refractivity (Wildman–Crippen MR) is 84.6 cm³/mol. The quantitative estimate of drug-likeness (QED) is 0.618. The minimum atomic E-state index is -1.63. The normalized spacial score (nSPS) is 10.3. The smallest absolute Gasteiger partial charge is 0.319 e. The fourth-order valence-electron chi connectivity index (χ4n) is 1.96. The van der Waals surface area contributed by atoms with Crippen molar-refractivity contribution < 1.29 is 22.7 Å². The highest BCUT2D eigenvalue weighted by molar-refractivity contribution is 5.89. The summed E-state index contributed by atoms with van der Waals surface area (Å²) < 4.78 is 44.8. The number of anilines is 1. The number of aryl methyl sites for hydroxylation is 1. The number of nitrogens with one attached hydrogen (secondary N) is 2. The van der Waals surface area contributed by atoms with Gasteiger partial charge in [-0.15, -0.1) is 0 Å². The van der Waals surface area contributed by atoms with E-state index in [0.29, 0.717) is 13.0 Å². The molecule has 0 fully saturated rings. The molecule has 4 nitrogen and oxygen atoms in total. The van der Waals surface area contributed by atoms with E-state index in [-0.39, 0.29) is 6.54 Å². The number of ether oxygens (including phenoxy) is 1. The Kier molecular flexibility index (Phi) is 6.06. The molecule has 0 unspecified atom stereocenters. The zero-order chi connectivity index (χ0) is 17.5. The highest BCUT2D eigenvalue weighted by Crippen LogP contribution is 2.19. The van der Waals surface area contributed by atoms with Gasteiger partial charge < -0.3 is 15.4 Å². The zero-order valence-electron chi connectivity index (χ0n) is 13.0. The van der Waals surface area contributed by atoms with E-state index in [9.17, 15) is 18.0 Å². The number of halogens is 3. The van der Waals surface area contributed by atoms with Gasteiger partial charge in [-0.1, -0.05) is 18.2 Å². The highest BCUT2D eigenvalue weighted by Gasteiger charge is 2.14. The van der Waals surface area contributed by atoms with Crippen LogP contribution in [0.5, 0.6) is 5.75 Å². The first-order valence-electron chi connectivity index (χ1n) is 7.36. The molecular weight excluding hydrogens is 321 g/mol. The molecule has 0 bridgehead atoms. The van der Waals surface area contributed by atoms with Crippen molar-refractivity contribution in [1.29, 1.82) is 0 Å². The summed E-state index contributed by atoms with van der Waals surface area (Å²) in [6, 6.07) is 8.53. The number of rotatable bonds is 6. The van der Waals surface area contributed by atoms with Gasteiger partial charge in [0.25, 0.3) is 0 Å². The lowest BCUT2D eigenvalue weighted by Crippen LogP contribution is -2.30. The maximum Gasteiger partial charge on any atom is 0.319 e. The Bertz CT molecular complexity index is 723. The van der Waals surface area contributed by atoms with Gasteiger partial charge in [-0.05, 0) is 37.1 Å². The van der Waals surface area contributed by atoms with Crippen LogP contribution in [0.25, 0.3) is 0 Å². The summed E-state index contributed by atoms with van der Waals surface area (Å²) in [5, 5.41) is 4.60. The summed E-state index contributed by atoms with van der Waals surface area (Å²) in [5.41, 5.74) is 0.583. The molecule has 0 aromatic heterocycles. The number of carbonyl (C=O) groups excluding carboxylic acids is 1. The summed E-state index contributed by atoms with van der Waals surface area (Å²) in [6.07, 6.45) is 0.530. The third kappa shape index (κ3) is 4.65. The predicted octanol–water partition coefficient (Wildman–Crippen LogP) is 4.00. The van der Waals surface area contributed by atoms with E-state index >= 15 is 0 Å². The van der Waals surface area contributed by atoms with Gasteiger partial charge in [-0.25, -0.2) is 18.0 Å². The van der Waals surface area contributed by atoms with Gasteiger partial charge in [0.1, 0.15) is 5.75 Å². The molecule has 0 saturated carbocycles. The maximum absolute atomic E-state index is 13.4. The lowest BCUT2D eigenvalue weighted by atomic mass is 10.2. The van der Waals surface area contributed by atoms with Crippen LogP contribution in [0.4, 0.5) is 23.7 Å². The average Bonchev–Trinajstić information content (AvgIpc) is 2.57. The molecule has 2 aromatic rings. The van der Waals surface area contributed by atoms with Gasteiger partial charge in [0.15, 0.2) is 17.5 Å². The van der Waals surface area contributed by atoms with E-state index in [2.05, 4.69) is 10.6 Å². The number of hydrogen-bond donors (Lipinski definition) is 2. The molecule has 7 heteroatoms. The molecule has 0 aliphatic heterocycles. The monoisotopic (exact) mass is 338 g/mol. The van der Waals surface area contributed by atoms with Crippen molar-refractivity contribution in [3.8, 4) is 5.75 Å². The fourth-order valence-corrected chi connectivity index (χ4v) is 1.96. The molecule has 0 saturated heterocycles. The Morgan fingerprint density at radius 3 is 2.58 bits per heavy atom. The van der Waals surface area contributed by atoms with Crippen LogP contribution in [0.1, 0.15) is 12.0 Å². The van der Waals surface area contributed by atoms with Gasteiger partial charge in [0.05, 0.1) is 12.3 Å². The van der Waals surface area contributed by atoms with Crippen LogP contribution >= 0.6 is 0 Å². The summed E-state index contributed by atoms with van der Waals surface area (Å²) in [4.78, 5) is 11.6. The van der Waals surface area contributed by atoms with E-state index in [0.717, 1.165) is 23.4 Å². The third-order valence-electron chi connectivity index (χ3n) is 3.24. The molecule has 2 N–H and O–H groups in total. The van der Waals surface area contributed by atoms with E-state index < -0.39 is 29.2 Å². The van der Waals surface area contributed by atoms with Crippen LogP contribution in [0, 0.1) is 24.4 Å². The van der Waals surface area contributed by atoms with Crippen molar-refractivity contribution in [2.45, 2.75) is 13.3 Å². The van der Waals surface area contributed by atoms with E-state index in [1.165, 1.54) is 0 Å². The maximum atomic E-state index is 13.4. The van der Waals surface area contributed by atoms with Crippen LogP contribution < -0.4 is 15.4 Å². The summed E-state index contributed by atoms with van der Waals surface area (Å²) in [6.45, 7) is 2.60. The Morgan fingerprint density at radius 1 is 1.08 bits per heavy atom. The molecular formula is C17H17F3N2O2. The second-order valence-electron chi connectivity index (χ2n) is 5.07. The van der Waals surface area contributed by atoms with E-state index in [1.807, 2.05) is 31.2 Å². The molecule has 0 aliphatic rings. The minimum absolute atomic E-state index is 0.281. The molecule has 0 aliphatic carbocycles. The summed E-state index contributed by atoms with van der Waals surface area (Å²) >= 11 is 0. The van der Waals surface area contributed by atoms with Crippen molar-refractivity contribution >= 4 is 11.7 Å². The van der Waals surface area contributed by atoms with Crippen LogP contribution in [0.15, 0.2) is 36.4 Å². The van der Waals surface area contributed by atoms with Crippen LogP contribution in [0.3, 0.4) is 0 Å². The molecule has 2 amide bonds. The largest absolute Gasteiger partial charge is 0.493 e. The van der Waals surface area contributed by atoms with Gasteiger partial charge in [-0.3, -0.25) is 0 Å². The Balaban J connectivity index is 1.72. The molecule has 128 valence electrons. The number of amides is 2. The fraction of sp³-hybridized carbons (Fsp3) is 0.235. The van der Waals surface area contributed by atoms with Gasteiger partial charge in [-0.2, -0.15) is 0 Å². The molecule has 0 atom stereocenters. The summed E-state index contributed by atoms with van der Waals surface area (Å²) in [5.74, 6) is -3.61. The van der Waals surface area contributed by atoms with Crippen molar-refractivity contribution in [3.05, 3.63) is 59.4 Å². The Hall–Kier alpha value is -2.70. The van der Waals surface area contributed by atoms with Crippen molar-refractivity contribution in [1.82, 2.24) is 5.32 Å². The first kappa shape index (κ1) is 17.7. The molecule has 2 rings (SSSR count). The third-order valence-corrected chi connectivity index (χ3v) is 3.24. The number of carbonyl (C=O) groups is 1. The van der Waals surface area contributed by atoms with E-state index in [1.54, 1.807) is 0 Å². The SMILES string of the molecule is Cc1ccccc1OCCCNC(=O)Nc1ccc(F)c(F)c1F. The second kappa shape index (κ2) is 8.24. The number of benzene rings is 2. The number of hydrogen-bond acceptors (Lipinski definition) is 2. The van der Waals surface area contributed by atoms with Crippen molar-refractivity contribution in [2.24, 2.45) is 0 Å². The second-order valence-corrected chi connectivity index (χ2v) is 5.07. The summed E-state index contributed by atoms with van der Waals surface area (Å²) in [7, 11) is 0. The molecule has 2 aromatic carbocycles. The van der Waals surface area contributed by atoms with E-state index in [4.69, 9.17) is 4.74 Å². The van der Waals surface area contributed by atoms with Crippen molar-refractivity contribution in [3.63, 3.8) is 0 Å². The highest BCUT2D eigenvalue weighted by atomic mass is 19.2. The standard InChI is InChI=1S/C17H17F3N2O2/c1-11-5-2-3-6-14(11)24-10-4-9-21-17(23)22-13-8-7-12(18)15(19)16(13)20/h2-3,5-8H,4,9-10H2,1H3,(H2,21,22,23). The van der Waals surface area contributed by atoms with Crippen LogP contribution in [-0.2, 0) is 0 Å². The lowest BCUT2D eigenvalue weighted by molar-refractivity contribution is 0.250. The number of urea groups is 1. The topological polar surface area (TPSA) is 50.4 Å². The van der Waals surface area contributed by atoms with Gasteiger partial charge >= 0.3 is 6.03 Å². The minimum Gasteiger partial charge on any atom is -0.493 e. The van der Waals surface area contributed by atoms with Gasteiger partial charge in [0, 0.05) is 6.54 Å². The zero-order valence-corrected chi connectivity index (χ0v) is 13.0. The van der Waals surface area contributed by atoms with Crippen LogP contribution in [0.2, 0.25) is 0 Å². The Morgan fingerprint density at radius 2 is 1.83 bits per heavy atom. The molecule has 0 heterocycles. The molecule has 0 spiro atoms.